The maximum Gasteiger partial charge on any atom is 0.222 e. The molecule has 12 heavy (non-hydrogen) atoms. The summed E-state index contributed by atoms with van der Waals surface area (Å²) in [5.41, 5.74) is 5.63. The summed E-state index contributed by atoms with van der Waals surface area (Å²) in [7, 11) is 0. The van der Waals surface area contributed by atoms with Crippen LogP contribution in [0.5, 0.6) is 0 Å². The Morgan fingerprint density at radius 2 is 2.42 bits per heavy atom. The smallest absolute Gasteiger partial charge is 0.222 e. The molecule has 2 unspecified atom stereocenters. The fraction of sp³-hybridized carbons (Fsp3) is 0.889. The lowest BCUT2D eigenvalue weighted by molar-refractivity contribution is -0.127. The molecule has 2 N–H and O–H groups in total. The Labute approximate surface area is 73.9 Å². The van der Waals surface area contributed by atoms with Crippen molar-refractivity contribution in [1.82, 2.24) is 4.90 Å². The minimum Gasteiger partial charge on any atom is -0.341 e. The van der Waals surface area contributed by atoms with Crippen molar-refractivity contribution in [2.24, 2.45) is 11.7 Å². The van der Waals surface area contributed by atoms with Gasteiger partial charge >= 0.3 is 0 Å². The molecule has 1 aliphatic heterocycles. The average molecular weight is 170 g/mol. The van der Waals surface area contributed by atoms with Gasteiger partial charge in [-0.1, -0.05) is 13.3 Å². The third-order valence-electron chi connectivity index (χ3n) is 2.38. The molecule has 0 bridgehead atoms. The molecule has 2 atom stereocenters. The summed E-state index contributed by atoms with van der Waals surface area (Å²) in [5, 5.41) is 0. The first-order valence-corrected chi connectivity index (χ1v) is 4.66. The molecule has 0 spiro atoms. The Balaban J connectivity index is 2.41. The Bertz CT molecular complexity index is 168. The lowest BCUT2D eigenvalue weighted by atomic mass is 10.1. The minimum atomic E-state index is 0.101. The molecule has 0 aliphatic carbocycles. The van der Waals surface area contributed by atoms with E-state index in [-0.39, 0.29) is 11.9 Å². The number of carbonyl (C=O) groups is 1. The highest BCUT2D eigenvalue weighted by Crippen LogP contribution is 2.20. The molecule has 70 valence electrons. The highest BCUT2D eigenvalue weighted by Gasteiger charge is 2.28. The van der Waals surface area contributed by atoms with Gasteiger partial charge in [-0.05, 0) is 12.8 Å². The van der Waals surface area contributed by atoms with Gasteiger partial charge < -0.3 is 10.6 Å². The van der Waals surface area contributed by atoms with E-state index < -0.39 is 0 Å². The SMILES string of the molecule is CCC1CC(=O)N(CC(C)N)C1. The van der Waals surface area contributed by atoms with E-state index in [1.165, 1.54) is 0 Å². The van der Waals surface area contributed by atoms with E-state index in [2.05, 4.69) is 6.92 Å². The van der Waals surface area contributed by atoms with Crippen molar-refractivity contribution in [2.45, 2.75) is 32.7 Å². The second-order valence-electron chi connectivity index (χ2n) is 3.75. The zero-order chi connectivity index (χ0) is 9.14. The molecular formula is C9H18N2O. The minimum absolute atomic E-state index is 0.101. The Morgan fingerprint density at radius 3 is 2.83 bits per heavy atom. The largest absolute Gasteiger partial charge is 0.341 e. The highest BCUT2D eigenvalue weighted by molar-refractivity contribution is 5.78. The molecule has 0 saturated carbocycles. The summed E-state index contributed by atoms with van der Waals surface area (Å²) in [4.78, 5) is 13.2. The molecule has 1 saturated heterocycles. The highest BCUT2D eigenvalue weighted by atomic mass is 16.2. The second-order valence-corrected chi connectivity index (χ2v) is 3.75. The summed E-state index contributed by atoms with van der Waals surface area (Å²) >= 11 is 0. The Kier molecular flexibility index (Phi) is 3.09. The van der Waals surface area contributed by atoms with E-state index in [0.29, 0.717) is 5.92 Å². The summed E-state index contributed by atoms with van der Waals surface area (Å²) in [6.07, 6.45) is 1.82. The van der Waals surface area contributed by atoms with E-state index >= 15 is 0 Å². The summed E-state index contributed by atoms with van der Waals surface area (Å²) < 4.78 is 0. The van der Waals surface area contributed by atoms with Crippen LogP contribution in [0.3, 0.4) is 0 Å². The van der Waals surface area contributed by atoms with Gasteiger partial charge in [0.25, 0.3) is 0 Å². The summed E-state index contributed by atoms with van der Waals surface area (Å²) in [6.45, 7) is 5.70. The second kappa shape index (κ2) is 3.90. The third kappa shape index (κ3) is 2.21. The quantitative estimate of drug-likeness (QED) is 0.674. The van der Waals surface area contributed by atoms with Crippen LogP contribution >= 0.6 is 0 Å². The molecule has 1 aliphatic rings. The van der Waals surface area contributed by atoms with Gasteiger partial charge in [0.2, 0.25) is 5.91 Å². The van der Waals surface area contributed by atoms with Crippen LogP contribution < -0.4 is 5.73 Å². The van der Waals surface area contributed by atoms with E-state index in [9.17, 15) is 4.79 Å². The van der Waals surface area contributed by atoms with Gasteiger partial charge in [-0.25, -0.2) is 0 Å². The number of hydrogen-bond donors (Lipinski definition) is 1. The predicted octanol–water partition coefficient (Wildman–Crippen LogP) is 0.592. The van der Waals surface area contributed by atoms with Crippen LogP contribution in [0, 0.1) is 5.92 Å². The van der Waals surface area contributed by atoms with Gasteiger partial charge in [-0.3, -0.25) is 4.79 Å². The third-order valence-corrected chi connectivity index (χ3v) is 2.38. The van der Waals surface area contributed by atoms with Gasteiger partial charge in [0.1, 0.15) is 0 Å². The number of likely N-dealkylation sites (tertiary alicyclic amines) is 1. The molecular weight excluding hydrogens is 152 g/mol. The van der Waals surface area contributed by atoms with E-state index in [1.807, 2.05) is 11.8 Å². The first-order valence-electron chi connectivity index (χ1n) is 4.66. The van der Waals surface area contributed by atoms with Crippen molar-refractivity contribution in [2.75, 3.05) is 13.1 Å². The zero-order valence-electron chi connectivity index (χ0n) is 7.92. The van der Waals surface area contributed by atoms with E-state index in [4.69, 9.17) is 5.73 Å². The number of nitrogens with zero attached hydrogens (tertiary/aromatic N) is 1. The first-order chi connectivity index (χ1) is 5.63. The molecule has 0 radical (unpaired) electrons. The van der Waals surface area contributed by atoms with Crippen LogP contribution in [0.2, 0.25) is 0 Å². The molecule has 1 fully saturated rings. The van der Waals surface area contributed by atoms with Crippen molar-refractivity contribution >= 4 is 5.91 Å². The summed E-state index contributed by atoms with van der Waals surface area (Å²) in [5.74, 6) is 0.843. The maximum absolute atomic E-state index is 11.3. The molecule has 0 aromatic heterocycles. The van der Waals surface area contributed by atoms with Crippen molar-refractivity contribution in [3.8, 4) is 0 Å². The van der Waals surface area contributed by atoms with Gasteiger partial charge in [0, 0.05) is 25.6 Å². The average Bonchev–Trinajstić information content (AvgIpc) is 2.31. The number of amides is 1. The van der Waals surface area contributed by atoms with Gasteiger partial charge in [0.15, 0.2) is 0 Å². The maximum atomic E-state index is 11.3. The van der Waals surface area contributed by atoms with Crippen molar-refractivity contribution in [3.63, 3.8) is 0 Å². The lowest BCUT2D eigenvalue weighted by Crippen LogP contribution is -2.36. The molecule has 1 amide bonds. The van der Waals surface area contributed by atoms with Crippen molar-refractivity contribution in [3.05, 3.63) is 0 Å². The van der Waals surface area contributed by atoms with E-state index in [1.54, 1.807) is 0 Å². The molecule has 3 nitrogen and oxygen atoms in total. The molecule has 0 aromatic rings. The fourth-order valence-corrected chi connectivity index (χ4v) is 1.65. The molecule has 1 heterocycles. The first kappa shape index (κ1) is 9.52. The van der Waals surface area contributed by atoms with E-state index in [0.717, 1.165) is 25.9 Å². The molecule has 3 heteroatoms. The number of carbonyl (C=O) groups excluding carboxylic acids is 1. The van der Waals surface area contributed by atoms with Crippen LogP contribution in [-0.2, 0) is 4.79 Å². The Morgan fingerprint density at radius 1 is 1.75 bits per heavy atom. The molecule has 1 rings (SSSR count). The normalized spacial score (nSPS) is 26.4. The predicted molar refractivity (Wildman–Crippen MR) is 48.6 cm³/mol. The summed E-state index contributed by atoms with van der Waals surface area (Å²) in [6, 6.07) is 0.101. The number of nitrogens with two attached hydrogens (primary N) is 1. The van der Waals surface area contributed by atoms with Crippen LogP contribution in [0.25, 0.3) is 0 Å². The Hall–Kier alpha value is -0.570. The topological polar surface area (TPSA) is 46.3 Å². The van der Waals surface area contributed by atoms with Crippen molar-refractivity contribution in [1.29, 1.82) is 0 Å². The van der Waals surface area contributed by atoms with Crippen LogP contribution in [0.1, 0.15) is 26.7 Å². The zero-order valence-corrected chi connectivity index (χ0v) is 7.92. The number of hydrogen-bond acceptors (Lipinski definition) is 2. The van der Waals surface area contributed by atoms with Gasteiger partial charge in [0.05, 0.1) is 0 Å². The van der Waals surface area contributed by atoms with Gasteiger partial charge in [-0.2, -0.15) is 0 Å². The lowest BCUT2D eigenvalue weighted by Gasteiger charge is -2.18. The van der Waals surface area contributed by atoms with Crippen LogP contribution in [0.15, 0.2) is 0 Å². The van der Waals surface area contributed by atoms with Crippen LogP contribution in [-0.4, -0.2) is 29.9 Å². The van der Waals surface area contributed by atoms with Crippen LogP contribution in [0.4, 0.5) is 0 Å². The van der Waals surface area contributed by atoms with Gasteiger partial charge in [-0.15, -0.1) is 0 Å². The fourth-order valence-electron chi connectivity index (χ4n) is 1.65. The number of rotatable bonds is 3. The molecule has 0 aromatic carbocycles. The van der Waals surface area contributed by atoms with Crippen molar-refractivity contribution < 1.29 is 4.79 Å². The monoisotopic (exact) mass is 170 g/mol. The standard InChI is InChI=1S/C9H18N2O/c1-3-8-4-9(12)11(6-8)5-7(2)10/h7-8H,3-6,10H2,1-2H3.